The molecule has 2 heterocycles. The first-order valence-corrected chi connectivity index (χ1v) is 10.4. The zero-order valence-electron chi connectivity index (χ0n) is 14.3. The number of anilines is 1. The predicted molar refractivity (Wildman–Crippen MR) is 107 cm³/mol. The molecule has 27 heavy (non-hydrogen) atoms. The number of aryl methyl sites for hydroxylation is 1. The van der Waals surface area contributed by atoms with Crippen LogP contribution in [-0.2, 0) is 23.0 Å². The van der Waals surface area contributed by atoms with Crippen molar-refractivity contribution in [2.45, 2.75) is 19.4 Å². The van der Waals surface area contributed by atoms with E-state index in [0.29, 0.717) is 10.7 Å². The summed E-state index contributed by atoms with van der Waals surface area (Å²) in [4.78, 5) is 0. The number of nitrogens with one attached hydrogen (secondary N) is 1. The maximum Gasteiger partial charge on any atom is 0.255 e. The van der Waals surface area contributed by atoms with Crippen molar-refractivity contribution in [1.29, 1.82) is 0 Å². The molecule has 0 unspecified atom stereocenters. The van der Waals surface area contributed by atoms with Crippen LogP contribution in [0.3, 0.4) is 0 Å². The highest BCUT2D eigenvalue weighted by Crippen LogP contribution is 2.26. The number of hydrogen-bond acceptors (Lipinski definition) is 4. The zero-order valence-corrected chi connectivity index (χ0v) is 15.9. The average molecular weight is 401 g/mol. The molecule has 3 aromatic rings. The van der Waals surface area contributed by atoms with Crippen LogP contribution >= 0.6 is 11.6 Å². The minimum absolute atomic E-state index is 0.476. The Morgan fingerprint density at radius 1 is 1.11 bits per heavy atom. The van der Waals surface area contributed by atoms with E-state index < -0.39 is 10.0 Å². The molecule has 0 bridgehead atoms. The third kappa shape index (κ3) is 4.04. The second kappa shape index (κ2) is 7.17. The van der Waals surface area contributed by atoms with E-state index in [4.69, 9.17) is 11.6 Å². The van der Waals surface area contributed by atoms with Crippen molar-refractivity contribution < 1.29 is 8.42 Å². The van der Waals surface area contributed by atoms with E-state index in [1.165, 1.54) is 6.08 Å². The molecule has 2 aromatic carbocycles. The Balaban J connectivity index is 1.54. The first-order chi connectivity index (χ1) is 13.0. The molecule has 0 aliphatic carbocycles. The van der Waals surface area contributed by atoms with Crippen LogP contribution in [0, 0.1) is 0 Å². The molecule has 0 spiro atoms. The molecule has 0 atom stereocenters. The molecule has 1 N–H and O–H groups in total. The number of fused-ring (bicyclic) bond motifs is 1. The molecule has 0 fully saturated rings. The molecule has 6 nitrogen and oxygen atoms in total. The van der Waals surface area contributed by atoms with Crippen LogP contribution in [0.25, 0.3) is 17.5 Å². The summed E-state index contributed by atoms with van der Waals surface area (Å²) in [6.07, 6.45) is 3.50. The fraction of sp³-hybridized carbons (Fsp3) is 0.158. The van der Waals surface area contributed by atoms with Crippen LogP contribution in [0.15, 0.2) is 53.9 Å². The molecule has 1 aromatic heterocycles. The van der Waals surface area contributed by atoms with E-state index in [0.717, 1.165) is 47.6 Å². The predicted octanol–water partition coefficient (Wildman–Crippen LogP) is 3.96. The largest absolute Gasteiger partial charge is 0.311 e. The van der Waals surface area contributed by atoms with Gasteiger partial charge in [-0.15, -0.1) is 10.2 Å². The summed E-state index contributed by atoms with van der Waals surface area (Å²) in [6.45, 7) is 0.886. The fourth-order valence-electron chi connectivity index (χ4n) is 3.03. The molecule has 4 rings (SSSR count). The van der Waals surface area contributed by atoms with Gasteiger partial charge in [0.25, 0.3) is 10.0 Å². The Morgan fingerprint density at radius 3 is 2.74 bits per heavy atom. The van der Waals surface area contributed by atoms with E-state index in [1.54, 1.807) is 42.5 Å². The number of halogens is 1. The minimum Gasteiger partial charge on any atom is -0.311 e. The molecule has 0 saturated carbocycles. The summed E-state index contributed by atoms with van der Waals surface area (Å²) >= 11 is 5.84. The maximum absolute atomic E-state index is 12.4. The normalized spacial score (nSPS) is 13.8. The van der Waals surface area contributed by atoms with Gasteiger partial charge in [0.15, 0.2) is 5.82 Å². The highest BCUT2D eigenvalue weighted by Gasteiger charge is 2.18. The zero-order chi connectivity index (χ0) is 18.9. The third-order valence-electron chi connectivity index (χ3n) is 4.30. The van der Waals surface area contributed by atoms with Gasteiger partial charge < -0.3 is 4.57 Å². The minimum atomic E-state index is -3.65. The molecular weight excluding hydrogens is 384 g/mol. The second-order valence-electron chi connectivity index (χ2n) is 6.28. The van der Waals surface area contributed by atoms with Crippen LogP contribution in [-0.4, -0.2) is 23.2 Å². The van der Waals surface area contributed by atoms with Gasteiger partial charge in [0, 0.05) is 29.2 Å². The highest BCUT2D eigenvalue weighted by molar-refractivity contribution is 7.95. The van der Waals surface area contributed by atoms with E-state index in [9.17, 15) is 8.42 Å². The number of aromatic nitrogens is 3. The summed E-state index contributed by atoms with van der Waals surface area (Å²) < 4.78 is 29.4. The van der Waals surface area contributed by atoms with E-state index in [2.05, 4.69) is 19.5 Å². The van der Waals surface area contributed by atoms with Crippen LogP contribution in [0.1, 0.15) is 17.8 Å². The summed E-state index contributed by atoms with van der Waals surface area (Å²) in [6, 6.07) is 14.1. The maximum atomic E-state index is 12.4. The molecule has 1 aliphatic heterocycles. The van der Waals surface area contributed by atoms with Crippen LogP contribution in [0.4, 0.5) is 5.69 Å². The Labute approximate surface area is 162 Å². The van der Waals surface area contributed by atoms with Gasteiger partial charge in [0.05, 0.1) is 5.41 Å². The van der Waals surface area contributed by atoms with E-state index in [1.807, 2.05) is 6.07 Å². The van der Waals surface area contributed by atoms with Gasteiger partial charge in [-0.25, -0.2) is 8.42 Å². The van der Waals surface area contributed by atoms with E-state index >= 15 is 0 Å². The lowest BCUT2D eigenvalue weighted by Gasteiger charge is -2.07. The van der Waals surface area contributed by atoms with Crippen molar-refractivity contribution >= 4 is 33.4 Å². The Morgan fingerprint density at radius 2 is 1.93 bits per heavy atom. The van der Waals surface area contributed by atoms with Crippen molar-refractivity contribution in [2.24, 2.45) is 0 Å². The van der Waals surface area contributed by atoms with Crippen LogP contribution in [0.5, 0.6) is 0 Å². The molecule has 1 aliphatic rings. The first kappa shape index (κ1) is 17.8. The first-order valence-electron chi connectivity index (χ1n) is 8.49. The molecule has 8 heteroatoms. The summed E-state index contributed by atoms with van der Waals surface area (Å²) in [7, 11) is -3.65. The quantitative estimate of drug-likeness (QED) is 0.703. The van der Waals surface area contributed by atoms with Gasteiger partial charge in [-0.2, -0.15) is 0 Å². The third-order valence-corrected chi connectivity index (χ3v) is 5.57. The Hall–Kier alpha value is -2.64. The number of rotatable bonds is 5. The number of benzene rings is 2. The Kier molecular flexibility index (Phi) is 4.72. The smallest absolute Gasteiger partial charge is 0.255 e. The standard InChI is InChI=1S/C19H17ClN4O2S/c20-16-8-6-14(7-9-16)10-12-27(25,26)23-17-4-1-3-15(13-17)19-22-21-18-5-2-11-24(18)19/h1,3-4,6-10,12-13,23H,2,5,11H2/b12-10+. The van der Waals surface area contributed by atoms with Crippen molar-refractivity contribution in [2.75, 3.05) is 4.72 Å². The Bertz CT molecular complexity index is 1100. The number of sulfonamides is 1. The lowest BCUT2D eigenvalue weighted by molar-refractivity contribution is 0.609. The van der Waals surface area contributed by atoms with Crippen molar-refractivity contribution in [3.05, 3.63) is 70.3 Å². The number of nitrogens with zero attached hydrogens (tertiary/aromatic N) is 3. The summed E-state index contributed by atoms with van der Waals surface area (Å²) in [5.74, 6) is 1.74. The van der Waals surface area contributed by atoms with Gasteiger partial charge in [-0.05, 0) is 42.3 Å². The lowest BCUT2D eigenvalue weighted by Crippen LogP contribution is -2.09. The van der Waals surface area contributed by atoms with Gasteiger partial charge >= 0.3 is 0 Å². The molecule has 0 radical (unpaired) electrons. The van der Waals surface area contributed by atoms with Crippen molar-refractivity contribution in [3.63, 3.8) is 0 Å². The lowest BCUT2D eigenvalue weighted by atomic mass is 10.2. The SMILES string of the molecule is O=S(=O)(/C=C/c1ccc(Cl)cc1)Nc1cccc(-c2nnc3n2CCC3)c1. The topological polar surface area (TPSA) is 76.9 Å². The number of hydrogen-bond donors (Lipinski definition) is 1. The summed E-state index contributed by atoms with van der Waals surface area (Å²) in [5, 5.41) is 10.2. The summed E-state index contributed by atoms with van der Waals surface area (Å²) in [5.41, 5.74) is 2.05. The second-order valence-corrected chi connectivity index (χ2v) is 8.28. The van der Waals surface area contributed by atoms with Gasteiger partial charge in [-0.3, -0.25) is 4.72 Å². The fourth-order valence-corrected chi connectivity index (χ4v) is 4.01. The molecule has 138 valence electrons. The van der Waals surface area contributed by atoms with Crippen molar-refractivity contribution in [1.82, 2.24) is 14.8 Å². The monoisotopic (exact) mass is 400 g/mol. The highest BCUT2D eigenvalue weighted by atomic mass is 35.5. The van der Waals surface area contributed by atoms with Gasteiger partial charge in [0.2, 0.25) is 0 Å². The van der Waals surface area contributed by atoms with Crippen LogP contribution in [0.2, 0.25) is 5.02 Å². The molecular formula is C19H17ClN4O2S. The average Bonchev–Trinajstić information content (AvgIpc) is 3.25. The van der Waals surface area contributed by atoms with Gasteiger partial charge in [-0.1, -0.05) is 35.9 Å². The molecule has 0 amide bonds. The van der Waals surface area contributed by atoms with Gasteiger partial charge in [0.1, 0.15) is 5.82 Å². The van der Waals surface area contributed by atoms with Crippen LogP contribution < -0.4 is 4.72 Å². The molecule has 0 saturated heterocycles. The van der Waals surface area contributed by atoms with E-state index in [-0.39, 0.29) is 0 Å². The van der Waals surface area contributed by atoms with Crippen molar-refractivity contribution in [3.8, 4) is 11.4 Å².